The zero-order valence-electron chi connectivity index (χ0n) is 20.6. The summed E-state index contributed by atoms with van der Waals surface area (Å²) in [7, 11) is 0. The normalized spacial score (nSPS) is 12.0. The fourth-order valence-corrected chi connectivity index (χ4v) is 5.00. The SMILES string of the molecule is Cc1cccc(SC(=Nc2cccc(C(F)(F)F)c2)N(CCc2ccc(Cl)cc2)Cc2cccc(O)c2)c1. The van der Waals surface area contributed by atoms with Gasteiger partial charge in [0.25, 0.3) is 0 Å². The lowest BCUT2D eigenvalue weighted by molar-refractivity contribution is -0.137. The second-order valence-electron chi connectivity index (χ2n) is 8.83. The van der Waals surface area contributed by atoms with E-state index in [1.807, 2.05) is 66.4 Å². The summed E-state index contributed by atoms with van der Waals surface area (Å²) in [6.45, 7) is 2.92. The van der Waals surface area contributed by atoms with Gasteiger partial charge in [0.05, 0.1) is 11.3 Å². The molecule has 1 N–H and O–H groups in total. The molecule has 0 amide bonds. The summed E-state index contributed by atoms with van der Waals surface area (Å²) in [5.41, 5.74) is 2.44. The van der Waals surface area contributed by atoms with Crippen LogP contribution >= 0.6 is 23.4 Å². The molecule has 4 aromatic rings. The van der Waals surface area contributed by atoms with Crippen molar-refractivity contribution in [3.05, 3.63) is 124 Å². The second-order valence-corrected chi connectivity index (χ2v) is 10.3. The van der Waals surface area contributed by atoms with Gasteiger partial charge in [-0.25, -0.2) is 4.99 Å². The van der Waals surface area contributed by atoms with Crippen molar-refractivity contribution < 1.29 is 18.3 Å². The number of amidine groups is 1. The molecule has 4 aromatic carbocycles. The Morgan fingerprint density at radius 1 is 0.895 bits per heavy atom. The fourth-order valence-electron chi connectivity index (χ4n) is 3.84. The van der Waals surface area contributed by atoms with Crippen molar-refractivity contribution in [1.82, 2.24) is 4.90 Å². The molecule has 0 spiro atoms. The molecule has 0 radical (unpaired) electrons. The third-order valence-electron chi connectivity index (χ3n) is 5.74. The monoisotopic (exact) mass is 554 g/mol. The minimum atomic E-state index is -4.47. The average molecular weight is 555 g/mol. The van der Waals surface area contributed by atoms with Gasteiger partial charge in [0, 0.05) is 23.0 Å². The number of rotatable bonds is 7. The van der Waals surface area contributed by atoms with Crippen LogP contribution in [0.4, 0.5) is 18.9 Å². The summed E-state index contributed by atoms with van der Waals surface area (Å²) >= 11 is 7.44. The van der Waals surface area contributed by atoms with Gasteiger partial charge in [0.15, 0.2) is 5.17 Å². The van der Waals surface area contributed by atoms with Crippen LogP contribution < -0.4 is 0 Å². The van der Waals surface area contributed by atoms with E-state index >= 15 is 0 Å². The number of hydrogen-bond acceptors (Lipinski definition) is 3. The lowest BCUT2D eigenvalue weighted by Crippen LogP contribution is -2.30. The Labute approximate surface area is 229 Å². The molecule has 4 rings (SSSR count). The summed E-state index contributed by atoms with van der Waals surface area (Å²) in [6.07, 6.45) is -3.81. The quantitative estimate of drug-likeness (QED) is 0.141. The smallest absolute Gasteiger partial charge is 0.416 e. The number of benzene rings is 4. The van der Waals surface area contributed by atoms with Crippen LogP contribution in [0, 0.1) is 6.92 Å². The maximum Gasteiger partial charge on any atom is 0.416 e. The number of phenols is 1. The van der Waals surface area contributed by atoms with Crippen LogP contribution in [-0.2, 0) is 19.1 Å². The minimum absolute atomic E-state index is 0.142. The third-order valence-corrected chi connectivity index (χ3v) is 7.01. The van der Waals surface area contributed by atoms with Crippen molar-refractivity contribution in [3.8, 4) is 5.75 Å². The third kappa shape index (κ3) is 8.04. The van der Waals surface area contributed by atoms with Gasteiger partial charge in [-0.3, -0.25) is 0 Å². The molecule has 0 aliphatic carbocycles. The van der Waals surface area contributed by atoms with E-state index in [1.54, 1.807) is 24.3 Å². The second kappa shape index (κ2) is 12.4. The Bertz CT molecular complexity index is 1410. The van der Waals surface area contributed by atoms with Gasteiger partial charge in [-0.15, -0.1) is 0 Å². The number of thioether (sulfide) groups is 1. The van der Waals surface area contributed by atoms with Crippen LogP contribution in [0.25, 0.3) is 0 Å². The largest absolute Gasteiger partial charge is 0.508 e. The van der Waals surface area contributed by atoms with Crippen molar-refractivity contribution >= 4 is 34.2 Å². The maximum absolute atomic E-state index is 13.4. The first-order chi connectivity index (χ1) is 18.2. The van der Waals surface area contributed by atoms with E-state index in [2.05, 4.69) is 0 Å². The van der Waals surface area contributed by atoms with Crippen molar-refractivity contribution in [3.63, 3.8) is 0 Å². The van der Waals surface area contributed by atoms with Crippen molar-refractivity contribution in [1.29, 1.82) is 0 Å². The summed E-state index contributed by atoms with van der Waals surface area (Å²) in [5, 5.41) is 11.2. The zero-order valence-corrected chi connectivity index (χ0v) is 22.2. The van der Waals surface area contributed by atoms with Crippen molar-refractivity contribution in [2.45, 2.75) is 31.0 Å². The summed E-state index contributed by atoms with van der Waals surface area (Å²) in [5.74, 6) is 0.142. The summed E-state index contributed by atoms with van der Waals surface area (Å²) in [4.78, 5) is 7.67. The number of aromatic hydroxyl groups is 1. The Morgan fingerprint density at radius 2 is 1.63 bits per heavy atom. The van der Waals surface area contributed by atoms with Crippen molar-refractivity contribution in [2.24, 2.45) is 4.99 Å². The van der Waals surface area contributed by atoms with Crippen LogP contribution in [0.1, 0.15) is 22.3 Å². The van der Waals surface area contributed by atoms with Crippen LogP contribution in [0.15, 0.2) is 107 Å². The molecule has 0 unspecified atom stereocenters. The molecule has 196 valence electrons. The van der Waals surface area contributed by atoms with Gasteiger partial charge in [-0.05, 0) is 79.1 Å². The molecule has 0 aliphatic heterocycles. The standard InChI is InChI=1S/C30H26ClF3N2OS/c1-21-5-2-10-28(17-21)38-29(35-26-8-4-7-24(19-26)30(32,33)34)36(20-23-6-3-9-27(37)18-23)16-15-22-11-13-25(31)14-12-22/h2-14,17-19,37H,15-16,20H2,1H3. The molecule has 0 heterocycles. The topological polar surface area (TPSA) is 35.8 Å². The van der Waals surface area contributed by atoms with E-state index in [-0.39, 0.29) is 11.4 Å². The van der Waals surface area contributed by atoms with E-state index < -0.39 is 11.7 Å². The molecule has 38 heavy (non-hydrogen) atoms. The zero-order chi connectivity index (χ0) is 27.1. The van der Waals surface area contributed by atoms with Crippen LogP contribution in [0.3, 0.4) is 0 Å². The first-order valence-corrected chi connectivity index (χ1v) is 13.1. The van der Waals surface area contributed by atoms with Gasteiger partial charge < -0.3 is 10.0 Å². The number of alkyl halides is 3. The first kappa shape index (κ1) is 27.6. The molecular formula is C30H26ClF3N2OS. The summed E-state index contributed by atoms with van der Waals surface area (Å²) < 4.78 is 40.3. The Morgan fingerprint density at radius 3 is 2.34 bits per heavy atom. The highest BCUT2D eigenvalue weighted by atomic mass is 35.5. The molecule has 8 heteroatoms. The molecule has 0 atom stereocenters. The summed E-state index contributed by atoms with van der Waals surface area (Å²) in [6, 6.07) is 27.4. The molecule has 3 nitrogen and oxygen atoms in total. The van der Waals surface area contributed by atoms with Crippen molar-refractivity contribution in [2.75, 3.05) is 6.54 Å². The average Bonchev–Trinajstić information content (AvgIpc) is 2.87. The van der Waals surface area contributed by atoms with Crippen LogP contribution in [-0.4, -0.2) is 21.7 Å². The molecule has 0 fully saturated rings. The van der Waals surface area contributed by atoms with Gasteiger partial charge in [0.2, 0.25) is 0 Å². The molecular weight excluding hydrogens is 529 g/mol. The van der Waals surface area contributed by atoms with Gasteiger partial charge in [-0.1, -0.05) is 71.4 Å². The fraction of sp³-hybridized carbons (Fsp3) is 0.167. The van der Waals surface area contributed by atoms with E-state index in [1.165, 1.54) is 17.8 Å². The Kier molecular flexibility index (Phi) is 9.02. The number of aliphatic imine (C=N–C) groups is 1. The van der Waals surface area contributed by atoms with Gasteiger partial charge in [0.1, 0.15) is 5.75 Å². The number of phenolic OH excluding ortho intramolecular Hbond substituents is 1. The number of aryl methyl sites for hydroxylation is 1. The van der Waals surface area contributed by atoms with E-state index in [0.717, 1.165) is 33.7 Å². The highest BCUT2D eigenvalue weighted by Crippen LogP contribution is 2.33. The Balaban J connectivity index is 1.74. The first-order valence-electron chi connectivity index (χ1n) is 11.9. The van der Waals surface area contributed by atoms with Crippen LogP contribution in [0.5, 0.6) is 5.75 Å². The Hall–Kier alpha value is -3.42. The predicted octanol–water partition coefficient (Wildman–Crippen LogP) is 8.90. The molecule has 0 saturated heterocycles. The molecule has 0 aliphatic rings. The van der Waals surface area contributed by atoms with Crippen LogP contribution in [0.2, 0.25) is 5.02 Å². The number of hydrogen-bond donors (Lipinski definition) is 1. The number of halogens is 4. The lowest BCUT2D eigenvalue weighted by atomic mass is 10.1. The minimum Gasteiger partial charge on any atom is -0.508 e. The van der Waals surface area contributed by atoms with Gasteiger partial charge >= 0.3 is 6.18 Å². The highest BCUT2D eigenvalue weighted by Gasteiger charge is 2.30. The highest BCUT2D eigenvalue weighted by molar-refractivity contribution is 8.13. The lowest BCUT2D eigenvalue weighted by Gasteiger charge is -2.26. The number of nitrogens with zero attached hydrogens (tertiary/aromatic N) is 2. The maximum atomic E-state index is 13.4. The van der Waals surface area contributed by atoms with E-state index in [0.29, 0.717) is 29.7 Å². The van der Waals surface area contributed by atoms with Gasteiger partial charge in [-0.2, -0.15) is 13.2 Å². The van der Waals surface area contributed by atoms with E-state index in [9.17, 15) is 18.3 Å². The van der Waals surface area contributed by atoms with E-state index in [4.69, 9.17) is 16.6 Å². The molecule has 0 saturated carbocycles. The predicted molar refractivity (Wildman–Crippen MR) is 149 cm³/mol. The molecule has 0 aromatic heterocycles. The molecule has 0 bridgehead atoms.